The molecule has 116 valence electrons. The molecule has 0 radical (unpaired) electrons. The molecule has 1 heterocycles. The SMILES string of the molecule is CC(C)c1ccc(C=NNc2nc3c(s2)C[C@@H](C)CC3)cc1. The first-order valence-corrected chi connectivity index (χ1v) is 8.81. The summed E-state index contributed by atoms with van der Waals surface area (Å²) in [6.45, 7) is 6.72. The summed E-state index contributed by atoms with van der Waals surface area (Å²) in [5.74, 6) is 1.34. The fourth-order valence-corrected chi connectivity index (χ4v) is 3.84. The predicted octanol–water partition coefficient (Wildman–Crippen LogP) is 4.84. The fraction of sp³-hybridized carbons (Fsp3) is 0.444. The maximum absolute atomic E-state index is 4.65. The third kappa shape index (κ3) is 3.55. The van der Waals surface area contributed by atoms with Crippen LogP contribution in [0.5, 0.6) is 0 Å². The first-order valence-electron chi connectivity index (χ1n) is 7.99. The van der Waals surface area contributed by atoms with Crippen molar-refractivity contribution in [3.05, 3.63) is 46.0 Å². The van der Waals surface area contributed by atoms with Crippen molar-refractivity contribution in [2.24, 2.45) is 11.0 Å². The van der Waals surface area contributed by atoms with Crippen molar-refractivity contribution >= 4 is 22.7 Å². The van der Waals surface area contributed by atoms with Crippen molar-refractivity contribution in [3.63, 3.8) is 0 Å². The molecule has 1 aliphatic rings. The van der Waals surface area contributed by atoms with Crippen LogP contribution in [0.2, 0.25) is 0 Å². The van der Waals surface area contributed by atoms with Crippen LogP contribution in [0.4, 0.5) is 5.13 Å². The molecular formula is C18H23N3S. The zero-order valence-electron chi connectivity index (χ0n) is 13.5. The maximum Gasteiger partial charge on any atom is 0.203 e. The normalized spacial score (nSPS) is 17.9. The van der Waals surface area contributed by atoms with Gasteiger partial charge >= 0.3 is 0 Å². The van der Waals surface area contributed by atoms with Crippen molar-refractivity contribution in [1.82, 2.24) is 4.98 Å². The average Bonchev–Trinajstić information content (AvgIpc) is 2.89. The van der Waals surface area contributed by atoms with E-state index in [0.29, 0.717) is 5.92 Å². The van der Waals surface area contributed by atoms with Crippen LogP contribution in [0.3, 0.4) is 0 Å². The molecule has 0 amide bonds. The molecule has 0 unspecified atom stereocenters. The van der Waals surface area contributed by atoms with Crippen LogP contribution in [-0.2, 0) is 12.8 Å². The Morgan fingerprint density at radius 2 is 2.09 bits per heavy atom. The first kappa shape index (κ1) is 15.2. The Balaban J connectivity index is 1.62. The van der Waals surface area contributed by atoms with Gasteiger partial charge in [-0.3, -0.25) is 5.43 Å². The Morgan fingerprint density at radius 1 is 1.32 bits per heavy atom. The quantitative estimate of drug-likeness (QED) is 0.648. The van der Waals surface area contributed by atoms with Crippen molar-refractivity contribution in [2.45, 2.75) is 46.0 Å². The molecule has 0 spiro atoms. The van der Waals surface area contributed by atoms with Gasteiger partial charge in [0, 0.05) is 4.88 Å². The average molecular weight is 313 g/mol. The van der Waals surface area contributed by atoms with Gasteiger partial charge in [0.1, 0.15) is 0 Å². The molecule has 0 saturated carbocycles. The number of nitrogens with zero attached hydrogens (tertiary/aromatic N) is 2. The number of hydrogen-bond acceptors (Lipinski definition) is 4. The van der Waals surface area contributed by atoms with Crippen LogP contribution < -0.4 is 5.43 Å². The zero-order chi connectivity index (χ0) is 15.5. The van der Waals surface area contributed by atoms with E-state index in [0.717, 1.165) is 29.5 Å². The monoisotopic (exact) mass is 313 g/mol. The number of aryl methyl sites for hydroxylation is 1. The summed E-state index contributed by atoms with van der Waals surface area (Å²) < 4.78 is 0. The number of aromatic nitrogens is 1. The van der Waals surface area contributed by atoms with E-state index < -0.39 is 0 Å². The minimum absolute atomic E-state index is 0.563. The lowest BCUT2D eigenvalue weighted by Gasteiger charge is -2.15. The number of benzene rings is 1. The Hall–Kier alpha value is -1.68. The van der Waals surface area contributed by atoms with Gasteiger partial charge in [-0.2, -0.15) is 5.10 Å². The first-order chi connectivity index (χ1) is 10.6. The smallest absolute Gasteiger partial charge is 0.203 e. The number of hydrogen-bond donors (Lipinski definition) is 1. The van der Waals surface area contributed by atoms with E-state index in [2.05, 4.69) is 60.5 Å². The Morgan fingerprint density at radius 3 is 2.82 bits per heavy atom. The highest BCUT2D eigenvalue weighted by Crippen LogP contribution is 2.32. The highest BCUT2D eigenvalue weighted by Gasteiger charge is 2.19. The molecular weight excluding hydrogens is 290 g/mol. The summed E-state index contributed by atoms with van der Waals surface area (Å²) >= 11 is 1.74. The van der Waals surface area contributed by atoms with Crippen LogP contribution in [0.25, 0.3) is 0 Å². The molecule has 1 aromatic heterocycles. The molecule has 22 heavy (non-hydrogen) atoms. The molecule has 0 bridgehead atoms. The number of thiazole rings is 1. The van der Waals surface area contributed by atoms with E-state index in [1.807, 2.05) is 6.21 Å². The number of nitrogens with one attached hydrogen (secondary N) is 1. The van der Waals surface area contributed by atoms with E-state index in [9.17, 15) is 0 Å². The van der Waals surface area contributed by atoms with Gasteiger partial charge in [0.05, 0.1) is 11.9 Å². The summed E-state index contributed by atoms with van der Waals surface area (Å²) in [4.78, 5) is 6.08. The van der Waals surface area contributed by atoms with Gasteiger partial charge in [-0.05, 0) is 42.2 Å². The third-order valence-electron chi connectivity index (χ3n) is 4.16. The van der Waals surface area contributed by atoms with E-state index >= 15 is 0 Å². The third-order valence-corrected chi connectivity index (χ3v) is 5.19. The van der Waals surface area contributed by atoms with Gasteiger partial charge in [-0.1, -0.05) is 45.0 Å². The second-order valence-corrected chi connectivity index (χ2v) is 7.51. The molecule has 0 aliphatic heterocycles. The van der Waals surface area contributed by atoms with Crippen LogP contribution in [0, 0.1) is 5.92 Å². The molecule has 0 fully saturated rings. The Bertz CT molecular complexity index is 655. The van der Waals surface area contributed by atoms with Crippen LogP contribution >= 0.6 is 11.3 Å². The van der Waals surface area contributed by atoms with Gasteiger partial charge in [0.15, 0.2) is 0 Å². The molecule has 1 aliphatic carbocycles. The van der Waals surface area contributed by atoms with Gasteiger partial charge in [0.2, 0.25) is 5.13 Å². The Kier molecular flexibility index (Phi) is 4.57. The number of hydrazone groups is 1. The van der Waals surface area contributed by atoms with Crippen molar-refractivity contribution in [1.29, 1.82) is 0 Å². The van der Waals surface area contributed by atoms with Gasteiger partial charge in [0.25, 0.3) is 0 Å². The summed E-state index contributed by atoms with van der Waals surface area (Å²) in [5.41, 5.74) is 6.80. The molecule has 0 saturated heterocycles. The predicted molar refractivity (Wildman–Crippen MR) is 95.1 cm³/mol. The summed E-state index contributed by atoms with van der Waals surface area (Å²) in [6, 6.07) is 8.54. The zero-order valence-corrected chi connectivity index (χ0v) is 14.3. The van der Waals surface area contributed by atoms with E-state index in [1.165, 1.54) is 22.6 Å². The van der Waals surface area contributed by atoms with Gasteiger partial charge in [-0.15, -0.1) is 11.3 Å². The topological polar surface area (TPSA) is 37.3 Å². The fourth-order valence-electron chi connectivity index (χ4n) is 2.72. The minimum atomic E-state index is 0.563. The summed E-state index contributed by atoms with van der Waals surface area (Å²) in [5, 5.41) is 5.23. The van der Waals surface area contributed by atoms with Gasteiger partial charge in [-0.25, -0.2) is 4.98 Å². The lowest BCUT2D eigenvalue weighted by Crippen LogP contribution is -2.09. The largest absolute Gasteiger partial charge is 0.253 e. The van der Waals surface area contributed by atoms with E-state index in [4.69, 9.17) is 0 Å². The lowest BCUT2D eigenvalue weighted by atomic mass is 9.93. The molecule has 3 nitrogen and oxygen atoms in total. The second kappa shape index (κ2) is 6.61. The van der Waals surface area contributed by atoms with Crippen molar-refractivity contribution in [3.8, 4) is 0 Å². The number of fused-ring (bicyclic) bond motifs is 1. The van der Waals surface area contributed by atoms with E-state index in [1.54, 1.807) is 11.3 Å². The van der Waals surface area contributed by atoms with E-state index in [-0.39, 0.29) is 0 Å². The van der Waals surface area contributed by atoms with Crippen molar-refractivity contribution < 1.29 is 0 Å². The summed E-state index contributed by atoms with van der Waals surface area (Å²) in [6.07, 6.45) is 5.37. The standard InChI is InChI=1S/C18H23N3S/c1-12(2)15-7-5-14(6-8-15)11-19-21-18-20-16-9-4-13(3)10-17(16)22-18/h5-8,11-13H,4,9-10H2,1-3H3,(H,20,21)/t13-/m0/s1. The highest BCUT2D eigenvalue weighted by molar-refractivity contribution is 7.15. The molecule has 1 aromatic carbocycles. The Labute approximate surface area is 136 Å². The molecule has 2 aromatic rings. The van der Waals surface area contributed by atoms with Gasteiger partial charge < -0.3 is 0 Å². The molecule has 3 rings (SSSR count). The van der Waals surface area contributed by atoms with Crippen LogP contribution in [-0.4, -0.2) is 11.2 Å². The van der Waals surface area contributed by atoms with Crippen LogP contribution in [0.1, 0.15) is 54.8 Å². The maximum atomic E-state index is 4.65. The summed E-state index contributed by atoms with van der Waals surface area (Å²) in [7, 11) is 0. The number of rotatable bonds is 4. The molecule has 1 N–H and O–H groups in total. The molecule has 4 heteroatoms. The van der Waals surface area contributed by atoms with Crippen LogP contribution in [0.15, 0.2) is 29.4 Å². The van der Waals surface area contributed by atoms with Crippen molar-refractivity contribution in [2.75, 3.05) is 5.43 Å². The number of anilines is 1. The lowest BCUT2D eigenvalue weighted by molar-refractivity contribution is 0.502. The molecule has 1 atom stereocenters. The highest BCUT2D eigenvalue weighted by atomic mass is 32.1. The minimum Gasteiger partial charge on any atom is -0.253 e. The second-order valence-electron chi connectivity index (χ2n) is 6.43.